The molecule has 21 heavy (non-hydrogen) atoms. The van der Waals surface area contributed by atoms with Crippen LogP contribution >= 0.6 is 0 Å². The van der Waals surface area contributed by atoms with Crippen LogP contribution in [0.1, 0.15) is 12.0 Å². The molecule has 0 saturated carbocycles. The molecule has 1 aromatic rings. The van der Waals surface area contributed by atoms with E-state index in [4.69, 9.17) is 8.85 Å². The first-order valence-corrected chi connectivity index (χ1v) is 9.94. The zero-order chi connectivity index (χ0) is 15.0. The van der Waals surface area contributed by atoms with E-state index in [0.717, 1.165) is 50.9 Å². The Morgan fingerprint density at radius 3 is 2.57 bits per heavy atom. The van der Waals surface area contributed by atoms with E-state index in [1.807, 2.05) is 0 Å². The molecule has 1 saturated heterocycles. The summed E-state index contributed by atoms with van der Waals surface area (Å²) in [6, 6.07) is 7.29. The summed E-state index contributed by atoms with van der Waals surface area (Å²) >= 11 is 0. The lowest BCUT2D eigenvalue weighted by atomic mass is 10.2. The minimum absolute atomic E-state index is 0.223. The van der Waals surface area contributed by atoms with Crippen molar-refractivity contribution in [1.29, 1.82) is 0 Å². The minimum Gasteiger partial charge on any atom is -0.393 e. The van der Waals surface area contributed by atoms with Gasteiger partial charge in [-0.2, -0.15) is 0 Å². The van der Waals surface area contributed by atoms with E-state index in [2.05, 4.69) is 16.9 Å². The smallest absolute Gasteiger partial charge is 0.335 e. The number of benzene rings is 1. The molecule has 4 nitrogen and oxygen atoms in total. The molecule has 1 fully saturated rings. The lowest BCUT2D eigenvalue weighted by molar-refractivity contribution is 0.155. The fourth-order valence-corrected chi connectivity index (χ4v) is 4.44. The topological polar surface area (TPSA) is 42.8 Å². The van der Waals surface area contributed by atoms with Crippen LogP contribution in [0, 0.1) is 5.82 Å². The van der Waals surface area contributed by atoms with Crippen LogP contribution in [0.3, 0.4) is 0 Å². The van der Waals surface area contributed by atoms with Gasteiger partial charge in [-0.1, -0.05) is 12.1 Å². The van der Waals surface area contributed by atoms with Gasteiger partial charge in [0.1, 0.15) is 5.82 Å². The number of hydrogen-bond acceptors (Lipinski definition) is 4. The number of nitrogens with zero attached hydrogens (tertiary/aromatic N) is 1. The summed E-state index contributed by atoms with van der Waals surface area (Å²) in [7, 11) is -2.02. The number of aliphatic imine (C=N–C) groups is 1. The Hall–Kier alpha value is -1.08. The molecule has 0 aromatic heterocycles. The number of rotatable bonds is 5. The molecule has 0 atom stereocenters. The Labute approximate surface area is 126 Å². The zero-order valence-electron chi connectivity index (χ0n) is 12.5. The van der Waals surface area contributed by atoms with Crippen LogP contribution in [0.2, 0.25) is 12.6 Å². The Balaban J connectivity index is 1.71. The van der Waals surface area contributed by atoms with Crippen LogP contribution in [0.15, 0.2) is 29.3 Å². The van der Waals surface area contributed by atoms with Gasteiger partial charge in [-0.05, 0) is 36.7 Å². The highest BCUT2D eigenvalue weighted by Crippen LogP contribution is 2.16. The Morgan fingerprint density at radius 1 is 1.24 bits per heavy atom. The van der Waals surface area contributed by atoms with E-state index in [1.165, 1.54) is 12.1 Å². The lowest BCUT2D eigenvalue weighted by Gasteiger charge is -2.29. The van der Waals surface area contributed by atoms with Gasteiger partial charge in [-0.3, -0.25) is 4.99 Å². The maximum Gasteiger partial charge on any atom is 0.335 e. The van der Waals surface area contributed by atoms with Crippen molar-refractivity contribution in [3.8, 4) is 0 Å². The standard InChI is InChI=1S/C15H23FN2O2Si/c1-21(19-10-8-17-9-11-20-21)12-2-7-18-13-14-3-5-15(16)6-4-14/h3-6,13,17H,2,7-12H2,1H3. The van der Waals surface area contributed by atoms with Crippen LogP contribution < -0.4 is 5.32 Å². The molecule has 1 N–H and O–H groups in total. The lowest BCUT2D eigenvalue weighted by Crippen LogP contribution is -2.45. The summed E-state index contributed by atoms with van der Waals surface area (Å²) < 4.78 is 24.6. The highest BCUT2D eigenvalue weighted by atomic mass is 28.4. The van der Waals surface area contributed by atoms with Crippen LogP contribution in [-0.2, 0) is 8.85 Å². The highest BCUT2D eigenvalue weighted by Gasteiger charge is 2.31. The van der Waals surface area contributed by atoms with Gasteiger partial charge < -0.3 is 14.2 Å². The average Bonchev–Trinajstić information content (AvgIpc) is 2.45. The monoisotopic (exact) mass is 310 g/mol. The summed E-state index contributed by atoms with van der Waals surface area (Å²) in [5.41, 5.74) is 0.921. The summed E-state index contributed by atoms with van der Waals surface area (Å²) in [4.78, 5) is 4.38. The zero-order valence-corrected chi connectivity index (χ0v) is 13.5. The van der Waals surface area contributed by atoms with Crippen molar-refractivity contribution in [2.75, 3.05) is 32.8 Å². The van der Waals surface area contributed by atoms with Gasteiger partial charge in [-0.25, -0.2) is 4.39 Å². The van der Waals surface area contributed by atoms with Crippen LogP contribution in [-0.4, -0.2) is 47.6 Å². The maximum absolute atomic E-state index is 12.8. The second-order valence-corrected chi connectivity index (χ2v) is 8.62. The fourth-order valence-electron chi connectivity index (χ4n) is 2.20. The largest absolute Gasteiger partial charge is 0.393 e. The van der Waals surface area contributed by atoms with Gasteiger partial charge in [0.2, 0.25) is 0 Å². The van der Waals surface area contributed by atoms with E-state index in [9.17, 15) is 4.39 Å². The van der Waals surface area contributed by atoms with E-state index in [0.29, 0.717) is 0 Å². The molecule has 116 valence electrons. The highest BCUT2D eigenvalue weighted by molar-refractivity contribution is 6.66. The Kier molecular flexibility index (Phi) is 6.50. The van der Waals surface area contributed by atoms with Gasteiger partial charge in [0.25, 0.3) is 0 Å². The molecule has 0 radical (unpaired) electrons. The summed E-state index contributed by atoms with van der Waals surface area (Å²) in [5.74, 6) is -0.223. The van der Waals surface area contributed by atoms with Crippen molar-refractivity contribution < 1.29 is 13.2 Å². The molecule has 0 bridgehead atoms. The van der Waals surface area contributed by atoms with Crippen molar-refractivity contribution in [3.63, 3.8) is 0 Å². The van der Waals surface area contributed by atoms with Crippen molar-refractivity contribution in [2.24, 2.45) is 4.99 Å². The third kappa shape index (κ3) is 6.05. The Morgan fingerprint density at radius 2 is 1.90 bits per heavy atom. The molecule has 6 heteroatoms. The van der Waals surface area contributed by atoms with E-state index >= 15 is 0 Å². The molecular weight excluding hydrogens is 287 g/mol. The predicted molar refractivity (Wildman–Crippen MR) is 84.7 cm³/mol. The molecule has 0 aliphatic carbocycles. The first-order valence-electron chi connectivity index (χ1n) is 7.42. The van der Waals surface area contributed by atoms with Gasteiger partial charge in [0.05, 0.1) is 0 Å². The molecule has 1 aliphatic heterocycles. The maximum atomic E-state index is 12.8. The normalized spacial score (nSPS) is 19.3. The third-order valence-electron chi connectivity index (χ3n) is 3.40. The van der Waals surface area contributed by atoms with Gasteiger partial charge in [0.15, 0.2) is 0 Å². The molecule has 2 rings (SSSR count). The number of halogens is 1. The van der Waals surface area contributed by atoms with Gasteiger partial charge in [-0.15, -0.1) is 0 Å². The predicted octanol–water partition coefficient (Wildman–Crippen LogP) is 2.34. The SMILES string of the molecule is C[Si]1(CCCN=Cc2ccc(F)cc2)OCCNCCO1. The van der Waals surface area contributed by atoms with Crippen molar-refractivity contribution in [2.45, 2.75) is 19.0 Å². The van der Waals surface area contributed by atoms with Gasteiger partial charge >= 0.3 is 8.56 Å². The van der Waals surface area contributed by atoms with Crippen LogP contribution in [0.5, 0.6) is 0 Å². The first-order chi connectivity index (χ1) is 10.2. The van der Waals surface area contributed by atoms with E-state index in [1.54, 1.807) is 18.3 Å². The van der Waals surface area contributed by atoms with E-state index in [-0.39, 0.29) is 5.82 Å². The minimum atomic E-state index is -2.02. The summed E-state index contributed by atoms with van der Waals surface area (Å²) in [6.07, 6.45) is 2.74. The van der Waals surface area contributed by atoms with Crippen molar-refractivity contribution in [3.05, 3.63) is 35.6 Å². The average molecular weight is 310 g/mol. The second kappa shape index (κ2) is 8.38. The van der Waals surface area contributed by atoms with E-state index < -0.39 is 8.56 Å². The summed E-state index contributed by atoms with van der Waals surface area (Å²) in [5, 5.41) is 3.25. The Bertz CT molecular complexity index is 445. The molecule has 1 aromatic carbocycles. The first kappa shape index (κ1) is 16.3. The fraction of sp³-hybridized carbons (Fsp3) is 0.533. The molecule has 0 unspecified atom stereocenters. The van der Waals surface area contributed by atoms with Gasteiger partial charge in [0, 0.05) is 39.1 Å². The number of nitrogens with one attached hydrogen (secondary N) is 1. The number of hydrogen-bond donors (Lipinski definition) is 1. The second-order valence-electron chi connectivity index (χ2n) is 5.27. The molecule has 0 amide bonds. The van der Waals surface area contributed by atoms with Crippen LogP contribution in [0.4, 0.5) is 4.39 Å². The molecule has 1 heterocycles. The van der Waals surface area contributed by atoms with Crippen molar-refractivity contribution in [1.82, 2.24) is 5.32 Å². The molecule has 1 aliphatic rings. The van der Waals surface area contributed by atoms with Crippen molar-refractivity contribution >= 4 is 14.8 Å². The molecule has 0 spiro atoms. The third-order valence-corrected chi connectivity index (χ3v) is 6.29. The quantitative estimate of drug-likeness (QED) is 0.516. The summed E-state index contributed by atoms with van der Waals surface area (Å²) in [6.45, 7) is 6.11. The van der Waals surface area contributed by atoms with Crippen LogP contribution in [0.25, 0.3) is 0 Å². The molecular formula is C15H23FN2O2Si.